The fourth-order valence-corrected chi connectivity index (χ4v) is 4.18. The van der Waals surface area contributed by atoms with Gasteiger partial charge in [-0.15, -0.1) is 0 Å². The average Bonchev–Trinajstić information content (AvgIpc) is 3.10. The molecule has 1 aliphatic heterocycles. The first-order valence-electron chi connectivity index (χ1n) is 11.3. The van der Waals surface area contributed by atoms with Crippen LogP contribution >= 0.6 is 0 Å². The number of benzene rings is 3. The second kappa shape index (κ2) is 9.80. The molecule has 3 aromatic carbocycles. The van der Waals surface area contributed by atoms with Gasteiger partial charge in [0, 0.05) is 5.69 Å². The van der Waals surface area contributed by atoms with Crippen molar-refractivity contribution < 1.29 is 19.2 Å². The van der Waals surface area contributed by atoms with Gasteiger partial charge in [-0.25, -0.2) is 4.79 Å². The third-order valence-electron chi connectivity index (χ3n) is 6.00. The highest BCUT2D eigenvalue weighted by Crippen LogP contribution is 2.32. The van der Waals surface area contributed by atoms with Crippen LogP contribution in [0.3, 0.4) is 0 Å². The van der Waals surface area contributed by atoms with Gasteiger partial charge in [-0.2, -0.15) is 0 Å². The first-order chi connectivity index (χ1) is 16.8. The van der Waals surface area contributed by atoms with Gasteiger partial charge in [0.1, 0.15) is 12.1 Å². The lowest BCUT2D eigenvalue weighted by atomic mass is 9.87. The quantitative estimate of drug-likeness (QED) is 0.453. The summed E-state index contributed by atoms with van der Waals surface area (Å²) in [7, 11) is 0. The first kappa shape index (κ1) is 23.7. The van der Waals surface area contributed by atoms with Gasteiger partial charge in [-0.3, -0.25) is 19.3 Å². The van der Waals surface area contributed by atoms with Crippen LogP contribution in [0, 0.1) is 6.92 Å². The fourth-order valence-electron chi connectivity index (χ4n) is 4.18. The SMILES string of the molecule is CC[C@@]1(c2ccccc2)NC(=O)N(CC(=O)Nc2ccccc2C(=O)Nc2cccc(C)c2)C1=O. The van der Waals surface area contributed by atoms with Crippen LogP contribution in [0.1, 0.15) is 34.8 Å². The third-order valence-corrected chi connectivity index (χ3v) is 6.00. The number of imide groups is 1. The molecule has 3 aromatic rings. The summed E-state index contributed by atoms with van der Waals surface area (Å²) in [5.41, 5.74) is 1.60. The zero-order valence-electron chi connectivity index (χ0n) is 19.5. The van der Waals surface area contributed by atoms with Crippen molar-refractivity contribution in [2.24, 2.45) is 0 Å². The summed E-state index contributed by atoms with van der Waals surface area (Å²) in [4.78, 5) is 52.6. The molecule has 0 spiro atoms. The molecule has 3 N–H and O–H groups in total. The van der Waals surface area contributed by atoms with Crippen molar-refractivity contribution >= 4 is 35.1 Å². The van der Waals surface area contributed by atoms with E-state index in [2.05, 4.69) is 16.0 Å². The number of nitrogens with one attached hydrogen (secondary N) is 3. The monoisotopic (exact) mass is 470 g/mol. The Hall–Kier alpha value is -4.46. The Bertz CT molecular complexity index is 1290. The molecule has 1 aliphatic rings. The molecule has 8 heteroatoms. The van der Waals surface area contributed by atoms with E-state index in [0.29, 0.717) is 17.7 Å². The Kier molecular flexibility index (Phi) is 6.64. The predicted molar refractivity (Wildman–Crippen MR) is 133 cm³/mol. The van der Waals surface area contributed by atoms with Crippen LogP contribution in [-0.2, 0) is 15.1 Å². The second-order valence-corrected chi connectivity index (χ2v) is 8.36. The number of hydrogen-bond donors (Lipinski definition) is 3. The summed E-state index contributed by atoms with van der Waals surface area (Å²) in [5.74, 6) is -1.48. The lowest BCUT2D eigenvalue weighted by molar-refractivity contribution is -0.134. The van der Waals surface area contributed by atoms with Gasteiger partial charge >= 0.3 is 6.03 Å². The van der Waals surface area contributed by atoms with Crippen LogP contribution in [0.4, 0.5) is 16.2 Å². The number of amides is 5. The van der Waals surface area contributed by atoms with Crippen molar-refractivity contribution in [3.63, 3.8) is 0 Å². The van der Waals surface area contributed by atoms with Crippen LogP contribution in [0.15, 0.2) is 78.9 Å². The standard InChI is InChI=1S/C27H26N4O4/c1-3-27(19-11-5-4-6-12-19)25(34)31(26(35)30-27)17-23(32)29-22-15-8-7-14-21(22)24(33)28-20-13-9-10-18(2)16-20/h4-16H,3,17H2,1-2H3,(H,28,33)(H,29,32)(H,30,35)/t27-/m0/s1. The summed E-state index contributed by atoms with van der Waals surface area (Å²) in [6.07, 6.45) is 0.335. The number of aryl methyl sites for hydroxylation is 1. The van der Waals surface area contributed by atoms with Gasteiger partial charge in [0.05, 0.1) is 11.3 Å². The van der Waals surface area contributed by atoms with Crippen molar-refractivity contribution in [3.8, 4) is 0 Å². The molecule has 0 radical (unpaired) electrons. The maximum absolute atomic E-state index is 13.3. The molecule has 1 atom stereocenters. The molecule has 8 nitrogen and oxygen atoms in total. The van der Waals surface area contributed by atoms with Crippen molar-refractivity contribution in [2.75, 3.05) is 17.2 Å². The Labute approximate surface area is 203 Å². The Balaban J connectivity index is 1.49. The number of para-hydroxylation sites is 1. The van der Waals surface area contributed by atoms with E-state index in [9.17, 15) is 19.2 Å². The molecule has 35 heavy (non-hydrogen) atoms. The minimum Gasteiger partial charge on any atom is -0.324 e. The molecule has 4 rings (SSSR count). The molecule has 0 aromatic heterocycles. The van der Waals surface area contributed by atoms with Crippen LogP contribution < -0.4 is 16.0 Å². The van der Waals surface area contributed by atoms with Gasteiger partial charge in [0.15, 0.2) is 0 Å². The van der Waals surface area contributed by atoms with Crippen molar-refractivity contribution in [1.82, 2.24) is 10.2 Å². The largest absolute Gasteiger partial charge is 0.325 e. The van der Waals surface area contributed by atoms with Gasteiger partial charge in [-0.1, -0.05) is 61.5 Å². The lowest BCUT2D eigenvalue weighted by Crippen LogP contribution is -2.44. The summed E-state index contributed by atoms with van der Waals surface area (Å²) in [6.45, 7) is 3.25. The van der Waals surface area contributed by atoms with E-state index in [1.807, 2.05) is 31.2 Å². The van der Waals surface area contributed by atoms with Crippen molar-refractivity contribution in [1.29, 1.82) is 0 Å². The van der Waals surface area contributed by atoms with Crippen LogP contribution in [0.25, 0.3) is 0 Å². The number of carbonyl (C=O) groups is 4. The number of nitrogens with zero attached hydrogens (tertiary/aromatic N) is 1. The number of urea groups is 1. The predicted octanol–water partition coefficient (Wildman–Crippen LogP) is 4.04. The van der Waals surface area contributed by atoms with E-state index in [1.54, 1.807) is 61.5 Å². The van der Waals surface area contributed by atoms with Gasteiger partial charge < -0.3 is 16.0 Å². The molecule has 0 aliphatic carbocycles. The molecule has 178 valence electrons. The number of hydrogen-bond acceptors (Lipinski definition) is 4. The van der Waals surface area contributed by atoms with Crippen molar-refractivity contribution in [2.45, 2.75) is 25.8 Å². The highest BCUT2D eigenvalue weighted by Gasteiger charge is 2.51. The van der Waals surface area contributed by atoms with Crippen LogP contribution in [0.5, 0.6) is 0 Å². The normalized spacial score (nSPS) is 17.1. The van der Waals surface area contributed by atoms with Gasteiger partial charge in [0.25, 0.3) is 11.8 Å². The minimum absolute atomic E-state index is 0.256. The smallest absolute Gasteiger partial charge is 0.324 e. The molecule has 1 fully saturated rings. The molecule has 1 saturated heterocycles. The highest BCUT2D eigenvalue weighted by molar-refractivity contribution is 6.12. The molecular formula is C27H26N4O4. The minimum atomic E-state index is -1.22. The number of carbonyl (C=O) groups excluding carboxylic acids is 4. The zero-order valence-corrected chi connectivity index (χ0v) is 19.5. The molecule has 5 amide bonds. The maximum Gasteiger partial charge on any atom is 0.325 e. The first-order valence-corrected chi connectivity index (χ1v) is 11.3. The molecule has 1 heterocycles. The van der Waals surface area contributed by atoms with E-state index in [0.717, 1.165) is 10.5 Å². The third kappa shape index (κ3) is 4.77. The Morgan fingerprint density at radius 3 is 2.34 bits per heavy atom. The van der Waals surface area contributed by atoms with Crippen LogP contribution in [-0.4, -0.2) is 35.2 Å². The summed E-state index contributed by atoms with van der Waals surface area (Å²) in [5, 5.41) is 8.24. The van der Waals surface area contributed by atoms with E-state index >= 15 is 0 Å². The maximum atomic E-state index is 13.3. The number of rotatable bonds is 7. The summed E-state index contributed by atoms with van der Waals surface area (Å²) in [6, 6.07) is 22.2. The van der Waals surface area contributed by atoms with Crippen LogP contribution in [0.2, 0.25) is 0 Å². The van der Waals surface area contributed by atoms with E-state index in [1.165, 1.54) is 0 Å². The molecule has 0 bridgehead atoms. The average molecular weight is 471 g/mol. The lowest BCUT2D eigenvalue weighted by Gasteiger charge is -2.25. The van der Waals surface area contributed by atoms with Gasteiger partial charge in [0.2, 0.25) is 5.91 Å². The Morgan fingerprint density at radius 1 is 0.914 bits per heavy atom. The van der Waals surface area contributed by atoms with E-state index in [-0.39, 0.29) is 11.3 Å². The van der Waals surface area contributed by atoms with Gasteiger partial charge in [-0.05, 0) is 48.7 Å². The molecule has 0 saturated carbocycles. The summed E-state index contributed by atoms with van der Waals surface area (Å²) < 4.78 is 0. The summed E-state index contributed by atoms with van der Waals surface area (Å²) >= 11 is 0. The van der Waals surface area contributed by atoms with E-state index < -0.39 is 35.8 Å². The Morgan fingerprint density at radius 2 is 1.63 bits per heavy atom. The molecule has 0 unspecified atom stereocenters. The highest BCUT2D eigenvalue weighted by atomic mass is 16.2. The van der Waals surface area contributed by atoms with Crippen molar-refractivity contribution in [3.05, 3.63) is 95.6 Å². The molecular weight excluding hydrogens is 444 g/mol. The zero-order chi connectivity index (χ0) is 25.0. The number of anilines is 2. The topological polar surface area (TPSA) is 108 Å². The van der Waals surface area contributed by atoms with E-state index in [4.69, 9.17) is 0 Å². The fraction of sp³-hybridized carbons (Fsp3) is 0.185. The second-order valence-electron chi connectivity index (χ2n) is 8.36.